The smallest absolute Gasteiger partial charge is 0.337 e. The SMILES string of the molecule is Cc1ccc(S(=O)(=O)Nc2ccc(Cc3ccc(NS(=O)(=O)c4ccc(C)cc4)c(C(=O)O)c3)cc2O)cc1. The number of aromatic carboxylic acids is 1. The highest BCUT2D eigenvalue weighted by atomic mass is 32.2. The number of aromatic hydroxyl groups is 1. The number of carbonyl (C=O) groups is 1. The van der Waals surface area contributed by atoms with Gasteiger partial charge in [0.2, 0.25) is 0 Å². The molecule has 0 aliphatic heterocycles. The van der Waals surface area contributed by atoms with Crippen LogP contribution in [0.3, 0.4) is 0 Å². The Bertz CT molecular complexity index is 1750. The summed E-state index contributed by atoms with van der Waals surface area (Å²) in [5, 5.41) is 20.2. The van der Waals surface area contributed by atoms with Crippen LogP contribution in [0.2, 0.25) is 0 Å². The van der Waals surface area contributed by atoms with Crippen molar-refractivity contribution in [1.82, 2.24) is 0 Å². The molecule has 0 aromatic heterocycles. The second-order valence-corrected chi connectivity index (χ2v) is 12.4. The number of hydrogen-bond donors (Lipinski definition) is 4. The van der Waals surface area contributed by atoms with E-state index in [2.05, 4.69) is 9.44 Å². The number of benzene rings is 4. The lowest BCUT2D eigenvalue weighted by molar-refractivity contribution is 0.0698. The van der Waals surface area contributed by atoms with Crippen LogP contribution in [0.15, 0.2) is 94.7 Å². The van der Waals surface area contributed by atoms with Gasteiger partial charge in [-0.15, -0.1) is 0 Å². The highest BCUT2D eigenvalue weighted by Gasteiger charge is 2.20. The van der Waals surface area contributed by atoms with Crippen LogP contribution in [0.4, 0.5) is 11.4 Å². The molecule has 9 nitrogen and oxygen atoms in total. The first-order chi connectivity index (χ1) is 18.3. The summed E-state index contributed by atoms with van der Waals surface area (Å²) in [6, 6.07) is 21.1. The van der Waals surface area contributed by atoms with E-state index in [-0.39, 0.29) is 38.9 Å². The van der Waals surface area contributed by atoms with Crippen molar-refractivity contribution in [2.75, 3.05) is 9.44 Å². The summed E-state index contributed by atoms with van der Waals surface area (Å²) in [5.74, 6) is -1.62. The molecule has 0 bridgehead atoms. The summed E-state index contributed by atoms with van der Waals surface area (Å²) in [5.41, 5.74) is 2.57. The first-order valence-electron chi connectivity index (χ1n) is 11.7. The normalized spacial score (nSPS) is 11.6. The van der Waals surface area contributed by atoms with Crippen LogP contribution >= 0.6 is 0 Å². The molecule has 39 heavy (non-hydrogen) atoms. The van der Waals surface area contributed by atoms with Gasteiger partial charge >= 0.3 is 5.97 Å². The topological polar surface area (TPSA) is 150 Å². The molecular weight excluding hydrogens is 540 g/mol. The van der Waals surface area contributed by atoms with E-state index in [1.54, 1.807) is 36.4 Å². The van der Waals surface area contributed by atoms with Crippen molar-refractivity contribution in [1.29, 1.82) is 0 Å². The molecule has 0 aliphatic rings. The minimum atomic E-state index is -4.01. The molecule has 4 rings (SSSR count). The van der Waals surface area contributed by atoms with Crippen molar-refractivity contribution in [2.24, 2.45) is 0 Å². The van der Waals surface area contributed by atoms with Crippen molar-refractivity contribution >= 4 is 37.4 Å². The van der Waals surface area contributed by atoms with Crippen LogP contribution in [0.25, 0.3) is 0 Å². The number of aryl methyl sites for hydroxylation is 2. The van der Waals surface area contributed by atoms with Gasteiger partial charge in [0.15, 0.2) is 0 Å². The maximum absolute atomic E-state index is 12.8. The molecule has 0 fully saturated rings. The first-order valence-corrected chi connectivity index (χ1v) is 14.7. The Kier molecular flexibility index (Phi) is 7.66. The molecule has 0 amide bonds. The molecule has 0 unspecified atom stereocenters. The summed E-state index contributed by atoms with van der Waals surface area (Å²) < 4.78 is 55.5. The first kappa shape index (κ1) is 27.7. The fourth-order valence-corrected chi connectivity index (χ4v) is 5.97. The molecule has 4 aromatic carbocycles. The Morgan fingerprint density at radius 1 is 0.667 bits per heavy atom. The second kappa shape index (κ2) is 10.8. The van der Waals surface area contributed by atoms with E-state index in [1.807, 2.05) is 13.8 Å². The number of rotatable bonds is 9. The Labute approximate surface area is 226 Å². The zero-order valence-corrected chi connectivity index (χ0v) is 22.7. The van der Waals surface area contributed by atoms with Crippen molar-refractivity contribution in [3.05, 3.63) is 113 Å². The Morgan fingerprint density at radius 3 is 1.56 bits per heavy atom. The number of sulfonamides is 2. The summed E-state index contributed by atoms with van der Waals surface area (Å²) in [4.78, 5) is 12.0. The van der Waals surface area contributed by atoms with Crippen LogP contribution in [0, 0.1) is 13.8 Å². The molecule has 0 heterocycles. The van der Waals surface area contributed by atoms with E-state index >= 15 is 0 Å². The molecule has 4 aromatic rings. The molecule has 0 atom stereocenters. The van der Waals surface area contributed by atoms with Gasteiger partial charge in [0.05, 0.1) is 26.7 Å². The lowest BCUT2D eigenvalue weighted by Gasteiger charge is -2.13. The highest BCUT2D eigenvalue weighted by Crippen LogP contribution is 2.29. The zero-order chi connectivity index (χ0) is 28.4. The van der Waals surface area contributed by atoms with Crippen LogP contribution in [-0.4, -0.2) is 33.0 Å². The van der Waals surface area contributed by atoms with E-state index in [9.17, 15) is 31.8 Å². The van der Waals surface area contributed by atoms with E-state index < -0.39 is 26.0 Å². The number of phenols is 1. The molecule has 0 spiro atoms. The average molecular weight is 567 g/mol. The van der Waals surface area contributed by atoms with E-state index in [4.69, 9.17) is 0 Å². The Hall–Kier alpha value is -4.35. The van der Waals surface area contributed by atoms with Crippen molar-refractivity contribution in [2.45, 2.75) is 30.1 Å². The number of carboxylic acid groups (broad SMARTS) is 1. The van der Waals surface area contributed by atoms with Gasteiger partial charge in [0.1, 0.15) is 5.75 Å². The standard InChI is InChI=1S/C28H26N2O7S2/c1-18-3-9-22(10-4-18)38(34,35)29-25-13-7-20(16-24(25)28(32)33)15-21-8-14-26(27(31)17-21)30-39(36,37)23-11-5-19(2)6-12-23/h3-14,16-17,29-31H,15H2,1-2H3,(H,32,33). The van der Waals surface area contributed by atoms with Crippen LogP contribution < -0.4 is 9.44 Å². The molecular formula is C28H26N2O7S2. The van der Waals surface area contributed by atoms with Gasteiger partial charge in [-0.3, -0.25) is 9.44 Å². The zero-order valence-electron chi connectivity index (χ0n) is 21.0. The lowest BCUT2D eigenvalue weighted by atomic mass is 10.0. The van der Waals surface area contributed by atoms with Crippen molar-refractivity contribution < 1.29 is 31.8 Å². The lowest BCUT2D eigenvalue weighted by Crippen LogP contribution is -2.16. The third-order valence-corrected chi connectivity index (χ3v) is 8.70. The summed E-state index contributed by atoms with van der Waals surface area (Å²) in [7, 11) is -7.92. The quantitative estimate of drug-likeness (QED) is 0.211. The summed E-state index contributed by atoms with van der Waals surface area (Å²) in [6.45, 7) is 3.66. The highest BCUT2D eigenvalue weighted by molar-refractivity contribution is 7.93. The molecule has 4 N–H and O–H groups in total. The predicted molar refractivity (Wildman–Crippen MR) is 148 cm³/mol. The number of nitrogens with one attached hydrogen (secondary N) is 2. The fourth-order valence-electron chi connectivity index (χ4n) is 3.82. The van der Waals surface area contributed by atoms with Gasteiger partial charge in [0, 0.05) is 0 Å². The maximum Gasteiger partial charge on any atom is 0.337 e. The maximum atomic E-state index is 12.8. The van der Waals surface area contributed by atoms with Crippen LogP contribution in [0.1, 0.15) is 32.6 Å². The predicted octanol–water partition coefficient (Wildman–Crippen LogP) is 4.90. The summed E-state index contributed by atoms with van der Waals surface area (Å²) >= 11 is 0. The minimum Gasteiger partial charge on any atom is -0.506 e. The van der Waals surface area contributed by atoms with Gasteiger partial charge in [-0.1, -0.05) is 47.5 Å². The third kappa shape index (κ3) is 6.57. The monoisotopic (exact) mass is 566 g/mol. The third-order valence-electron chi connectivity index (χ3n) is 5.94. The van der Waals surface area contributed by atoms with Gasteiger partial charge < -0.3 is 10.2 Å². The molecule has 0 saturated heterocycles. The summed E-state index contributed by atoms with van der Waals surface area (Å²) in [6.07, 6.45) is 0.198. The van der Waals surface area contributed by atoms with Crippen LogP contribution in [-0.2, 0) is 26.5 Å². The number of anilines is 2. The Morgan fingerprint density at radius 2 is 1.10 bits per heavy atom. The number of phenolic OH excluding ortho intramolecular Hbond substituents is 1. The van der Waals surface area contributed by atoms with Gasteiger partial charge in [-0.25, -0.2) is 21.6 Å². The fraction of sp³-hybridized carbons (Fsp3) is 0.107. The average Bonchev–Trinajstić information content (AvgIpc) is 2.87. The second-order valence-electron chi connectivity index (χ2n) is 9.05. The molecule has 0 saturated carbocycles. The van der Waals surface area contributed by atoms with Gasteiger partial charge in [-0.2, -0.15) is 0 Å². The van der Waals surface area contributed by atoms with E-state index in [1.165, 1.54) is 48.5 Å². The number of carboxylic acids is 1. The van der Waals surface area contributed by atoms with Crippen LogP contribution in [0.5, 0.6) is 5.75 Å². The van der Waals surface area contributed by atoms with Gasteiger partial charge in [0.25, 0.3) is 20.0 Å². The molecule has 0 aliphatic carbocycles. The molecule has 202 valence electrons. The van der Waals surface area contributed by atoms with E-state index in [0.717, 1.165) is 11.1 Å². The van der Waals surface area contributed by atoms with Gasteiger partial charge in [-0.05, 0) is 79.9 Å². The molecule has 0 radical (unpaired) electrons. The number of hydrogen-bond acceptors (Lipinski definition) is 6. The molecule has 11 heteroatoms. The Balaban J connectivity index is 1.54. The van der Waals surface area contributed by atoms with Crippen molar-refractivity contribution in [3.8, 4) is 5.75 Å². The largest absolute Gasteiger partial charge is 0.506 e. The minimum absolute atomic E-state index is 0.00193. The van der Waals surface area contributed by atoms with Crippen molar-refractivity contribution in [3.63, 3.8) is 0 Å². The van der Waals surface area contributed by atoms with E-state index in [0.29, 0.717) is 11.1 Å².